The number of carbonyl (C=O) groups excluding carboxylic acids is 2. The van der Waals surface area contributed by atoms with Crippen LogP contribution >= 0.6 is 11.6 Å². The molecular weight excluding hydrogens is 364 g/mol. The van der Waals surface area contributed by atoms with Gasteiger partial charge in [-0.25, -0.2) is 0 Å². The van der Waals surface area contributed by atoms with Crippen molar-refractivity contribution in [3.8, 4) is 5.75 Å². The van der Waals surface area contributed by atoms with Crippen molar-refractivity contribution in [3.05, 3.63) is 53.1 Å². The van der Waals surface area contributed by atoms with Crippen molar-refractivity contribution in [2.75, 3.05) is 23.4 Å². The van der Waals surface area contributed by atoms with Gasteiger partial charge in [-0.2, -0.15) is 0 Å². The molecule has 27 heavy (non-hydrogen) atoms. The van der Waals surface area contributed by atoms with Gasteiger partial charge in [0.05, 0.1) is 21.7 Å². The molecule has 0 aliphatic carbocycles. The van der Waals surface area contributed by atoms with Crippen LogP contribution in [-0.4, -0.2) is 25.0 Å². The molecule has 0 atom stereocenters. The summed E-state index contributed by atoms with van der Waals surface area (Å²) < 4.78 is 5.88. The van der Waals surface area contributed by atoms with Gasteiger partial charge in [0.25, 0.3) is 5.91 Å². The van der Waals surface area contributed by atoms with E-state index in [1.165, 1.54) is 0 Å². The lowest BCUT2D eigenvalue weighted by atomic mass is 9.93. The molecule has 1 heterocycles. The van der Waals surface area contributed by atoms with Crippen molar-refractivity contribution in [2.45, 2.75) is 27.2 Å². The highest BCUT2D eigenvalue weighted by molar-refractivity contribution is 6.34. The first-order valence-corrected chi connectivity index (χ1v) is 9.36. The number of halogens is 1. The van der Waals surface area contributed by atoms with Crippen molar-refractivity contribution < 1.29 is 14.3 Å². The molecule has 1 aliphatic heterocycles. The summed E-state index contributed by atoms with van der Waals surface area (Å²) in [6, 6.07) is 12.2. The van der Waals surface area contributed by atoms with Gasteiger partial charge in [0.2, 0.25) is 5.91 Å². The highest BCUT2D eigenvalue weighted by Gasteiger charge is 2.37. The van der Waals surface area contributed by atoms with E-state index < -0.39 is 5.41 Å². The molecule has 3 rings (SSSR count). The molecule has 1 aliphatic rings. The molecule has 0 radical (unpaired) electrons. The second-order valence-corrected chi connectivity index (χ2v) is 7.65. The van der Waals surface area contributed by atoms with E-state index in [4.69, 9.17) is 16.3 Å². The SMILES string of the molecule is CCCN1C(=O)C(C)(C)COc2ccc(NC(=O)c3ccccc3Cl)cc21. The second kappa shape index (κ2) is 7.61. The van der Waals surface area contributed by atoms with Gasteiger partial charge < -0.3 is 15.0 Å². The minimum absolute atomic E-state index is 0.0117. The first-order chi connectivity index (χ1) is 12.8. The number of hydrogen-bond acceptors (Lipinski definition) is 3. The van der Waals surface area contributed by atoms with E-state index in [9.17, 15) is 9.59 Å². The lowest BCUT2D eigenvalue weighted by molar-refractivity contribution is -0.127. The molecule has 0 spiro atoms. The Kier molecular flexibility index (Phi) is 5.42. The molecule has 2 aromatic carbocycles. The molecule has 2 amide bonds. The summed E-state index contributed by atoms with van der Waals surface area (Å²) in [6.45, 7) is 6.67. The number of anilines is 2. The Morgan fingerprint density at radius 3 is 2.70 bits per heavy atom. The van der Waals surface area contributed by atoms with Gasteiger partial charge in [-0.3, -0.25) is 9.59 Å². The standard InChI is InChI=1S/C21H23ClN2O3/c1-4-11-24-17-12-14(23-19(25)15-7-5-6-8-16(15)22)9-10-18(17)27-13-21(2,3)20(24)26/h5-10,12H,4,11,13H2,1-3H3,(H,23,25). The molecule has 0 saturated heterocycles. The third-order valence-corrected chi connectivity index (χ3v) is 4.82. The van der Waals surface area contributed by atoms with E-state index >= 15 is 0 Å². The molecule has 1 N–H and O–H groups in total. The Hall–Kier alpha value is -2.53. The lowest BCUT2D eigenvalue weighted by Gasteiger charge is -2.27. The number of hydrogen-bond donors (Lipinski definition) is 1. The average molecular weight is 387 g/mol. The Balaban J connectivity index is 1.93. The quantitative estimate of drug-likeness (QED) is 0.824. The predicted octanol–water partition coefficient (Wildman–Crippen LogP) is 4.75. The summed E-state index contributed by atoms with van der Waals surface area (Å²) in [5, 5.41) is 3.24. The maximum absolute atomic E-state index is 13.0. The van der Waals surface area contributed by atoms with Crippen LogP contribution in [0.25, 0.3) is 0 Å². The monoisotopic (exact) mass is 386 g/mol. The number of nitrogens with one attached hydrogen (secondary N) is 1. The number of ether oxygens (including phenoxy) is 1. The van der Waals surface area contributed by atoms with Crippen LogP contribution in [0.15, 0.2) is 42.5 Å². The van der Waals surface area contributed by atoms with Crippen molar-refractivity contribution in [1.82, 2.24) is 0 Å². The molecule has 5 nitrogen and oxygen atoms in total. The number of benzene rings is 2. The third kappa shape index (κ3) is 3.93. The predicted molar refractivity (Wildman–Crippen MR) is 108 cm³/mol. The fraction of sp³-hybridized carbons (Fsp3) is 0.333. The van der Waals surface area contributed by atoms with Crippen LogP contribution < -0.4 is 15.0 Å². The van der Waals surface area contributed by atoms with Crippen LogP contribution in [0.2, 0.25) is 5.02 Å². The van der Waals surface area contributed by atoms with Crippen LogP contribution in [0.3, 0.4) is 0 Å². The van der Waals surface area contributed by atoms with E-state index in [2.05, 4.69) is 5.32 Å². The van der Waals surface area contributed by atoms with Crippen LogP contribution in [-0.2, 0) is 4.79 Å². The summed E-state index contributed by atoms with van der Waals surface area (Å²) in [4.78, 5) is 27.2. The maximum atomic E-state index is 13.0. The van der Waals surface area contributed by atoms with E-state index in [1.54, 1.807) is 47.4 Å². The largest absolute Gasteiger partial charge is 0.490 e. The summed E-state index contributed by atoms with van der Waals surface area (Å²) in [5.41, 5.74) is 1.03. The lowest BCUT2D eigenvalue weighted by Crippen LogP contribution is -2.42. The Morgan fingerprint density at radius 1 is 1.26 bits per heavy atom. The van der Waals surface area contributed by atoms with Gasteiger partial charge in [0.15, 0.2) is 0 Å². The number of amides is 2. The number of nitrogens with zero attached hydrogens (tertiary/aromatic N) is 1. The zero-order valence-corrected chi connectivity index (χ0v) is 16.5. The van der Waals surface area contributed by atoms with E-state index in [0.717, 1.165) is 6.42 Å². The summed E-state index contributed by atoms with van der Waals surface area (Å²) in [7, 11) is 0. The van der Waals surface area contributed by atoms with Crippen LogP contribution in [0.4, 0.5) is 11.4 Å². The van der Waals surface area contributed by atoms with E-state index in [1.807, 2.05) is 20.8 Å². The van der Waals surface area contributed by atoms with Crippen LogP contribution in [0, 0.1) is 5.41 Å². The second-order valence-electron chi connectivity index (χ2n) is 7.25. The fourth-order valence-electron chi connectivity index (χ4n) is 3.01. The maximum Gasteiger partial charge on any atom is 0.257 e. The molecule has 0 unspecified atom stereocenters. The van der Waals surface area contributed by atoms with Gasteiger partial charge in [0, 0.05) is 12.2 Å². The summed E-state index contributed by atoms with van der Waals surface area (Å²) in [6.07, 6.45) is 0.817. The van der Waals surface area contributed by atoms with Crippen molar-refractivity contribution in [2.24, 2.45) is 5.41 Å². The molecular formula is C21H23ClN2O3. The highest BCUT2D eigenvalue weighted by Crippen LogP contribution is 2.38. The Morgan fingerprint density at radius 2 is 2.00 bits per heavy atom. The summed E-state index contributed by atoms with van der Waals surface area (Å²) >= 11 is 6.10. The Bertz CT molecular complexity index is 879. The zero-order chi connectivity index (χ0) is 19.6. The van der Waals surface area contributed by atoms with Gasteiger partial charge in [-0.05, 0) is 50.6 Å². The van der Waals surface area contributed by atoms with Crippen molar-refractivity contribution in [3.63, 3.8) is 0 Å². The van der Waals surface area contributed by atoms with Crippen molar-refractivity contribution in [1.29, 1.82) is 0 Å². The van der Waals surface area contributed by atoms with Crippen LogP contribution in [0.5, 0.6) is 5.75 Å². The topological polar surface area (TPSA) is 58.6 Å². The summed E-state index contributed by atoms with van der Waals surface area (Å²) in [5.74, 6) is 0.347. The normalized spacial score (nSPS) is 15.6. The molecule has 0 fully saturated rings. The number of rotatable bonds is 4. The Labute approximate surface area is 164 Å². The average Bonchev–Trinajstić information content (AvgIpc) is 2.72. The number of carbonyl (C=O) groups is 2. The molecule has 142 valence electrons. The third-order valence-electron chi connectivity index (χ3n) is 4.49. The van der Waals surface area contributed by atoms with Gasteiger partial charge in [-0.1, -0.05) is 30.7 Å². The van der Waals surface area contributed by atoms with Crippen LogP contribution in [0.1, 0.15) is 37.6 Å². The molecule has 0 aromatic heterocycles. The van der Waals surface area contributed by atoms with E-state index in [0.29, 0.717) is 40.9 Å². The molecule has 6 heteroatoms. The smallest absolute Gasteiger partial charge is 0.257 e. The van der Waals surface area contributed by atoms with Gasteiger partial charge >= 0.3 is 0 Å². The van der Waals surface area contributed by atoms with Gasteiger partial charge in [-0.15, -0.1) is 0 Å². The zero-order valence-electron chi connectivity index (χ0n) is 15.7. The first kappa shape index (κ1) is 19.2. The molecule has 0 bridgehead atoms. The number of fused-ring (bicyclic) bond motifs is 1. The minimum Gasteiger partial charge on any atom is -0.490 e. The first-order valence-electron chi connectivity index (χ1n) is 8.98. The highest BCUT2D eigenvalue weighted by atomic mass is 35.5. The molecule has 2 aromatic rings. The minimum atomic E-state index is -0.616. The van der Waals surface area contributed by atoms with Crippen molar-refractivity contribution >= 4 is 34.8 Å². The van der Waals surface area contributed by atoms with Gasteiger partial charge in [0.1, 0.15) is 12.4 Å². The fourth-order valence-corrected chi connectivity index (χ4v) is 3.23. The van der Waals surface area contributed by atoms with E-state index in [-0.39, 0.29) is 11.8 Å². The molecule has 0 saturated carbocycles.